The predicted octanol–water partition coefficient (Wildman–Crippen LogP) is 3.37. The molecule has 0 aromatic carbocycles. The molecule has 0 aromatic rings. The highest BCUT2D eigenvalue weighted by Gasteiger charge is 2.21. The lowest BCUT2D eigenvalue weighted by Gasteiger charge is -2.22. The summed E-state index contributed by atoms with van der Waals surface area (Å²) in [7, 11) is -1.29. The molecule has 0 bridgehead atoms. The molecule has 0 aliphatic heterocycles. The van der Waals surface area contributed by atoms with Crippen molar-refractivity contribution < 1.29 is 4.79 Å². The van der Waals surface area contributed by atoms with E-state index in [1.165, 1.54) is 0 Å². The van der Waals surface area contributed by atoms with E-state index in [1.807, 2.05) is 18.2 Å². The van der Waals surface area contributed by atoms with Crippen molar-refractivity contribution in [3.63, 3.8) is 0 Å². The molecule has 0 N–H and O–H groups in total. The maximum atomic E-state index is 10.9. The molecular weight excluding hydrogens is 224 g/mol. The van der Waals surface area contributed by atoms with Gasteiger partial charge in [-0.15, -0.1) is 18.0 Å². The third-order valence-corrected chi connectivity index (χ3v) is 3.61. The quantitative estimate of drug-likeness (QED) is 0.322. The van der Waals surface area contributed by atoms with E-state index < -0.39 is 8.07 Å². The zero-order valence-corrected chi connectivity index (χ0v) is 11.9. The average molecular weight is 244 g/mol. The van der Waals surface area contributed by atoms with Crippen LogP contribution in [-0.4, -0.2) is 14.4 Å². The largest absolute Gasteiger partial charge is 0.298 e. The molecule has 0 amide bonds. The summed E-state index contributed by atoms with van der Waals surface area (Å²) >= 11 is 0. The van der Waals surface area contributed by atoms with E-state index in [2.05, 4.69) is 43.8 Å². The number of aldehydes is 1. The van der Waals surface area contributed by atoms with Crippen LogP contribution in [0.25, 0.3) is 0 Å². The Kier molecular flexibility index (Phi) is 4.71. The minimum atomic E-state index is -1.29. The molecule has 0 saturated heterocycles. The van der Waals surface area contributed by atoms with Crippen molar-refractivity contribution in [1.82, 2.24) is 0 Å². The fraction of sp³-hybridized carbons (Fsp3) is 0.400. The van der Waals surface area contributed by atoms with Gasteiger partial charge >= 0.3 is 0 Å². The van der Waals surface area contributed by atoms with E-state index in [1.54, 1.807) is 0 Å². The lowest BCUT2D eigenvalue weighted by atomic mass is 9.81. The van der Waals surface area contributed by atoms with Gasteiger partial charge in [0.05, 0.1) is 0 Å². The number of carbonyl (C=O) groups excluding carboxylic acids is 1. The molecule has 0 heterocycles. The number of carbonyl (C=O) groups is 1. The van der Waals surface area contributed by atoms with Crippen molar-refractivity contribution in [3.8, 4) is 11.5 Å². The third kappa shape index (κ3) is 4.20. The maximum Gasteiger partial charge on any atom is 0.146 e. The van der Waals surface area contributed by atoms with E-state index in [4.69, 9.17) is 0 Å². The smallest absolute Gasteiger partial charge is 0.146 e. The number of allylic oxidation sites excluding steroid dienone is 5. The first kappa shape index (κ1) is 13.7. The lowest BCUT2D eigenvalue weighted by Crippen LogP contribution is -2.18. The van der Waals surface area contributed by atoms with Crippen molar-refractivity contribution in [2.75, 3.05) is 0 Å². The van der Waals surface area contributed by atoms with Crippen molar-refractivity contribution in [2.45, 2.75) is 26.1 Å². The molecule has 17 heavy (non-hydrogen) atoms. The Bertz CT molecular complexity index is 412. The van der Waals surface area contributed by atoms with Crippen molar-refractivity contribution >= 4 is 14.4 Å². The molecule has 0 spiro atoms. The molecule has 1 aliphatic rings. The fourth-order valence-electron chi connectivity index (χ4n) is 1.85. The highest BCUT2D eigenvalue weighted by Crippen LogP contribution is 2.28. The Morgan fingerprint density at radius 3 is 2.71 bits per heavy atom. The van der Waals surface area contributed by atoms with Gasteiger partial charge in [-0.1, -0.05) is 43.9 Å². The molecule has 0 fully saturated rings. The molecular formula is C15H20OSi. The van der Waals surface area contributed by atoms with E-state index in [0.717, 1.165) is 18.3 Å². The Hall–Kier alpha value is -1.33. The second-order valence-corrected chi connectivity index (χ2v) is 10.1. The summed E-state index contributed by atoms with van der Waals surface area (Å²) in [5, 5.41) is 0. The summed E-state index contributed by atoms with van der Waals surface area (Å²) < 4.78 is 0. The van der Waals surface area contributed by atoms with Crippen LogP contribution < -0.4 is 0 Å². The zero-order chi connectivity index (χ0) is 12.9. The summed E-state index contributed by atoms with van der Waals surface area (Å²) in [4.78, 5) is 10.9. The first-order valence-electron chi connectivity index (χ1n) is 5.94. The molecule has 1 rings (SSSR count). The normalized spacial score (nSPS) is 23.4. The van der Waals surface area contributed by atoms with Gasteiger partial charge in [0.25, 0.3) is 0 Å². The van der Waals surface area contributed by atoms with Crippen LogP contribution in [-0.2, 0) is 4.79 Å². The SMILES string of the molecule is C=C[C@H]1C(C=O)=CC=C[C@@H]1CC#C[Si](C)(C)C. The van der Waals surface area contributed by atoms with Gasteiger partial charge in [-0.3, -0.25) is 4.79 Å². The monoisotopic (exact) mass is 244 g/mol. The fourth-order valence-corrected chi connectivity index (χ4v) is 2.48. The predicted molar refractivity (Wildman–Crippen MR) is 76.2 cm³/mol. The van der Waals surface area contributed by atoms with Crippen LogP contribution in [0.5, 0.6) is 0 Å². The Morgan fingerprint density at radius 2 is 2.18 bits per heavy atom. The summed E-state index contributed by atoms with van der Waals surface area (Å²) in [6, 6.07) is 0. The molecule has 1 aliphatic carbocycles. The average Bonchev–Trinajstić information content (AvgIpc) is 2.27. The van der Waals surface area contributed by atoms with Crippen LogP contribution in [0.2, 0.25) is 19.6 Å². The van der Waals surface area contributed by atoms with Gasteiger partial charge in [-0.2, -0.15) is 0 Å². The summed E-state index contributed by atoms with van der Waals surface area (Å²) in [6.07, 6.45) is 9.52. The molecule has 0 aromatic heterocycles. The van der Waals surface area contributed by atoms with Crippen LogP contribution >= 0.6 is 0 Å². The minimum absolute atomic E-state index is 0.119. The van der Waals surface area contributed by atoms with Gasteiger partial charge in [0.15, 0.2) is 0 Å². The Balaban J connectivity index is 2.75. The maximum absolute atomic E-state index is 10.9. The molecule has 0 saturated carbocycles. The van der Waals surface area contributed by atoms with Gasteiger partial charge in [-0.25, -0.2) is 0 Å². The number of rotatable bonds is 3. The highest BCUT2D eigenvalue weighted by atomic mass is 28.3. The van der Waals surface area contributed by atoms with Crippen LogP contribution in [0.1, 0.15) is 6.42 Å². The van der Waals surface area contributed by atoms with Crippen LogP contribution in [0.15, 0.2) is 36.5 Å². The highest BCUT2D eigenvalue weighted by molar-refractivity contribution is 6.83. The molecule has 2 heteroatoms. The van der Waals surface area contributed by atoms with E-state index in [9.17, 15) is 4.79 Å². The topological polar surface area (TPSA) is 17.1 Å². The van der Waals surface area contributed by atoms with Gasteiger partial charge in [0, 0.05) is 12.3 Å². The molecule has 0 unspecified atom stereocenters. The van der Waals surface area contributed by atoms with Crippen molar-refractivity contribution in [1.29, 1.82) is 0 Å². The standard InChI is InChI=1S/C15H20OSi/c1-5-15-13(8-6-9-14(15)12-16)10-7-11-17(2,3)4/h5-6,8-9,12-13,15H,1,10H2,2-4H3/t13-,15-/m1/s1. The van der Waals surface area contributed by atoms with Crippen molar-refractivity contribution in [3.05, 3.63) is 36.5 Å². The summed E-state index contributed by atoms with van der Waals surface area (Å²) in [5.74, 6) is 3.69. The summed E-state index contributed by atoms with van der Waals surface area (Å²) in [5.41, 5.74) is 4.17. The second-order valence-electron chi connectivity index (χ2n) is 5.35. The Morgan fingerprint density at radius 1 is 1.47 bits per heavy atom. The third-order valence-electron chi connectivity index (χ3n) is 2.68. The van der Waals surface area contributed by atoms with Gasteiger partial charge < -0.3 is 0 Å². The van der Waals surface area contributed by atoms with Crippen molar-refractivity contribution in [2.24, 2.45) is 11.8 Å². The summed E-state index contributed by atoms with van der Waals surface area (Å²) in [6.45, 7) is 10.5. The first-order chi connectivity index (χ1) is 7.98. The van der Waals surface area contributed by atoms with Crippen LogP contribution in [0, 0.1) is 23.3 Å². The molecule has 2 atom stereocenters. The Labute approximate surface area is 105 Å². The second kappa shape index (κ2) is 5.84. The van der Waals surface area contributed by atoms with E-state index in [0.29, 0.717) is 5.92 Å². The lowest BCUT2D eigenvalue weighted by molar-refractivity contribution is -0.105. The van der Waals surface area contributed by atoms with Crippen LogP contribution in [0.4, 0.5) is 0 Å². The van der Waals surface area contributed by atoms with Gasteiger partial charge in [0.1, 0.15) is 14.4 Å². The number of hydrogen-bond acceptors (Lipinski definition) is 1. The first-order valence-corrected chi connectivity index (χ1v) is 9.44. The van der Waals surface area contributed by atoms with Gasteiger partial charge in [-0.05, 0) is 11.5 Å². The molecule has 1 nitrogen and oxygen atoms in total. The van der Waals surface area contributed by atoms with Crippen LogP contribution in [0.3, 0.4) is 0 Å². The van der Waals surface area contributed by atoms with E-state index in [-0.39, 0.29) is 5.92 Å². The molecule has 0 radical (unpaired) electrons. The zero-order valence-electron chi connectivity index (χ0n) is 10.9. The van der Waals surface area contributed by atoms with E-state index >= 15 is 0 Å². The molecule has 90 valence electrons. The minimum Gasteiger partial charge on any atom is -0.298 e. The number of hydrogen-bond donors (Lipinski definition) is 0. The van der Waals surface area contributed by atoms with Gasteiger partial charge in [0.2, 0.25) is 0 Å².